The lowest BCUT2D eigenvalue weighted by molar-refractivity contribution is 0.389. The zero-order chi connectivity index (χ0) is 13.0. The van der Waals surface area contributed by atoms with Gasteiger partial charge in [-0.1, -0.05) is 6.92 Å². The summed E-state index contributed by atoms with van der Waals surface area (Å²) in [6.45, 7) is 5.70. The van der Waals surface area contributed by atoms with E-state index in [1.54, 1.807) is 6.33 Å². The van der Waals surface area contributed by atoms with E-state index in [0.29, 0.717) is 10.8 Å². The fourth-order valence-electron chi connectivity index (χ4n) is 2.59. The largest absolute Gasteiger partial charge is 0.312 e. The first-order chi connectivity index (χ1) is 8.65. The molecule has 2 atom stereocenters. The van der Waals surface area contributed by atoms with Crippen LogP contribution in [0.4, 0.5) is 0 Å². The summed E-state index contributed by atoms with van der Waals surface area (Å²) < 4.78 is 2.24. The molecule has 0 bridgehead atoms. The maximum Gasteiger partial charge on any atom is 0.138 e. The van der Waals surface area contributed by atoms with Crippen LogP contribution in [0.25, 0.3) is 0 Å². The third-order valence-corrected chi connectivity index (χ3v) is 5.46. The average molecular weight is 268 g/mol. The lowest BCUT2D eigenvalue weighted by Gasteiger charge is -2.34. The van der Waals surface area contributed by atoms with Crippen molar-refractivity contribution in [3.63, 3.8) is 0 Å². The van der Waals surface area contributed by atoms with Crippen molar-refractivity contribution in [1.29, 1.82) is 0 Å². The molecular weight excluding hydrogens is 244 g/mol. The summed E-state index contributed by atoms with van der Waals surface area (Å²) in [5.74, 6) is 2.37. The summed E-state index contributed by atoms with van der Waals surface area (Å²) in [6.07, 6.45) is 6.44. The van der Waals surface area contributed by atoms with Gasteiger partial charge in [0.15, 0.2) is 0 Å². The van der Waals surface area contributed by atoms with E-state index in [4.69, 9.17) is 0 Å². The standard InChI is InChI=1S/C13H24N4S/c1-4-7-14-11(13(2)6-5-8-18-13)9-12-15-10-16-17(12)3/h10-11,14H,4-9H2,1-3H3. The minimum atomic E-state index is 0.348. The Kier molecular flexibility index (Phi) is 4.67. The van der Waals surface area contributed by atoms with Gasteiger partial charge in [0.25, 0.3) is 0 Å². The molecular formula is C13H24N4S. The van der Waals surface area contributed by atoms with Crippen LogP contribution in [0.1, 0.15) is 38.9 Å². The molecule has 1 saturated heterocycles. The smallest absolute Gasteiger partial charge is 0.138 e. The van der Waals surface area contributed by atoms with Crippen LogP contribution in [0.3, 0.4) is 0 Å². The van der Waals surface area contributed by atoms with E-state index >= 15 is 0 Å². The highest BCUT2D eigenvalue weighted by Gasteiger charge is 2.38. The Labute approximate surface area is 114 Å². The number of aromatic nitrogens is 3. The Bertz CT molecular complexity index is 371. The van der Waals surface area contributed by atoms with Crippen LogP contribution in [0, 0.1) is 0 Å². The highest BCUT2D eigenvalue weighted by atomic mass is 32.2. The molecule has 2 rings (SSSR count). The Hall–Kier alpha value is -0.550. The molecule has 18 heavy (non-hydrogen) atoms. The summed E-state index contributed by atoms with van der Waals surface area (Å²) in [6, 6.07) is 0.493. The third kappa shape index (κ3) is 3.06. The number of thioether (sulfide) groups is 1. The van der Waals surface area contributed by atoms with E-state index in [-0.39, 0.29) is 0 Å². The zero-order valence-electron chi connectivity index (χ0n) is 11.6. The molecule has 0 aromatic carbocycles. The molecule has 1 aromatic rings. The van der Waals surface area contributed by atoms with Crippen molar-refractivity contribution in [3.8, 4) is 0 Å². The van der Waals surface area contributed by atoms with Gasteiger partial charge in [0, 0.05) is 24.3 Å². The van der Waals surface area contributed by atoms with Gasteiger partial charge < -0.3 is 5.32 Å². The Balaban J connectivity index is 2.07. The van der Waals surface area contributed by atoms with Gasteiger partial charge in [-0.25, -0.2) is 4.98 Å². The van der Waals surface area contributed by atoms with Crippen molar-refractivity contribution in [2.24, 2.45) is 7.05 Å². The topological polar surface area (TPSA) is 42.7 Å². The predicted octanol–water partition coefficient (Wildman–Crippen LogP) is 2.01. The van der Waals surface area contributed by atoms with Crippen LogP contribution in [0.5, 0.6) is 0 Å². The van der Waals surface area contributed by atoms with Gasteiger partial charge in [-0.15, -0.1) is 0 Å². The zero-order valence-corrected chi connectivity index (χ0v) is 12.5. The van der Waals surface area contributed by atoms with Gasteiger partial charge in [-0.3, -0.25) is 4.68 Å². The van der Waals surface area contributed by atoms with Gasteiger partial charge >= 0.3 is 0 Å². The second-order valence-corrected chi connectivity index (χ2v) is 6.90. The van der Waals surface area contributed by atoms with Crippen LogP contribution >= 0.6 is 11.8 Å². The molecule has 0 radical (unpaired) electrons. The molecule has 5 heteroatoms. The highest BCUT2D eigenvalue weighted by Crippen LogP contribution is 2.41. The molecule has 0 aliphatic carbocycles. The predicted molar refractivity (Wildman–Crippen MR) is 76.9 cm³/mol. The fourth-order valence-corrected chi connectivity index (χ4v) is 4.00. The van der Waals surface area contributed by atoms with E-state index < -0.39 is 0 Å². The first-order valence-electron chi connectivity index (χ1n) is 6.86. The summed E-state index contributed by atoms with van der Waals surface area (Å²) in [5.41, 5.74) is 0. The average Bonchev–Trinajstić information content (AvgIpc) is 2.95. The Morgan fingerprint density at radius 1 is 1.61 bits per heavy atom. The molecule has 4 nitrogen and oxygen atoms in total. The van der Waals surface area contributed by atoms with Crippen LogP contribution in [0.2, 0.25) is 0 Å². The number of nitrogens with zero attached hydrogens (tertiary/aromatic N) is 3. The normalized spacial score (nSPS) is 25.5. The Morgan fingerprint density at radius 3 is 3.00 bits per heavy atom. The van der Waals surface area contributed by atoms with Crippen LogP contribution < -0.4 is 5.32 Å². The van der Waals surface area contributed by atoms with Crippen molar-refractivity contribution in [2.45, 2.75) is 50.3 Å². The van der Waals surface area contributed by atoms with Crippen molar-refractivity contribution >= 4 is 11.8 Å². The second kappa shape index (κ2) is 6.06. The van der Waals surface area contributed by atoms with Crippen molar-refractivity contribution in [1.82, 2.24) is 20.1 Å². The first kappa shape index (κ1) is 13.9. The summed E-state index contributed by atoms with van der Waals surface area (Å²) in [7, 11) is 1.98. The van der Waals surface area contributed by atoms with E-state index in [9.17, 15) is 0 Å². The van der Waals surface area contributed by atoms with Gasteiger partial charge in [-0.2, -0.15) is 16.9 Å². The number of aryl methyl sites for hydroxylation is 1. The summed E-state index contributed by atoms with van der Waals surface area (Å²) >= 11 is 2.11. The first-order valence-corrected chi connectivity index (χ1v) is 7.84. The van der Waals surface area contributed by atoms with Crippen LogP contribution in [-0.4, -0.2) is 37.9 Å². The quantitative estimate of drug-likeness (QED) is 0.857. The fraction of sp³-hybridized carbons (Fsp3) is 0.846. The molecule has 1 fully saturated rings. The highest BCUT2D eigenvalue weighted by molar-refractivity contribution is 8.00. The maximum absolute atomic E-state index is 4.37. The molecule has 102 valence electrons. The van der Waals surface area contributed by atoms with Crippen molar-refractivity contribution in [3.05, 3.63) is 12.2 Å². The lowest BCUT2D eigenvalue weighted by Crippen LogP contribution is -2.47. The molecule has 1 N–H and O–H groups in total. The van der Waals surface area contributed by atoms with E-state index in [2.05, 4.69) is 41.0 Å². The molecule has 2 unspecified atom stereocenters. The Morgan fingerprint density at radius 2 is 2.44 bits per heavy atom. The SMILES string of the molecule is CCCNC(Cc1ncnn1C)C1(C)CCCS1. The number of hydrogen-bond acceptors (Lipinski definition) is 4. The van der Waals surface area contributed by atoms with Crippen LogP contribution in [-0.2, 0) is 13.5 Å². The van der Waals surface area contributed by atoms with Gasteiger partial charge in [-0.05, 0) is 38.5 Å². The van der Waals surface area contributed by atoms with Gasteiger partial charge in [0.1, 0.15) is 12.2 Å². The van der Waals surface area contributed by atoms with E-state index in [1.807, 2.05) is 11.7 Å². The number of nitrogens with one attached hydrogen (secondary N) is 1. The summed E-state index contributed by atoms with van der Waals surface area (Å²) in [4.78, 5) is 4.37. The second-order valence-electron chi connectivity index (χ2n) is 5.28. The lowest BCUT2D eigenvalue weighted by atomic mass is 9.93. The third-order valence-electron chi connectivity index (χ3n) is 3.82. The minimum absolute atomic E-state index is 0.348. The molecule has 0 amide bonds. The van der Waals surface area contributed by atoms with E-state index in [0.717, 1.165) is 18.8 Å². The van der Waals surface area contributed by atoms with E-state index in [1.165, 1.54) is 25.0 Å². The molecule has 2 heterocycles. The molecule has 0 saturated carbocycles. The van der Waals surface area contributed by atoms with Gasteiger partial charge in [0.2, 0.25) is 0 Å². The minimum Gasteiger partial charge on any atom is -0.312 e. The maximum atomic E-state index is 4.37. The molecule has 1 aliphatic rings. The molecule has 0 spiro atoms. The molecule has 1 aliphatic heterocycles. The number of hydrogen-bond donors (Lipinski definition) is 1. The molecule has 1 aromatic heterocycles. The monoisotopic (exact) mass is 268 g/mol. The van der Waals surface area contributed by atoms with Gasteiger partial charge in [0.05, 0.1) is 0 Å². The van der Waals surface area contributed by atoms with Crippen molar-refractivity contribution in [2.75, 3.05) is 12.3 Å². The number of rotatable bonds is 6. The summed E-state index contributed by atoms with van der Waals surface area (Å²) in [5, 5.41) is 7.89. The van der Waals surface area contributed by atoms with Crippen LogP contribution in [0.15, 0.2) is 6.33 Å². The van der Waals surface area contributed by atoms with Crippen molar-refractivity contribution < 1.29 is 0 Å².